The number of fused-ring (bicyclic) bond motifs is 2. The Morgan fingerprint density at radius 2 is 2.46 bits per heavy atom. The van der Waals surface area contributed by atoms with Crippen LogP contribution in [-0.4, -0.2) is 18.4 Å². The van der Waals surface area contributed by atoms with Gasteiger partial charge in [0.25, 0.3) is 0 Å². The first-order valence-corrected chi connectivity index (χ1v) is 4.81. The molecule has 13 heavy (non-hydrogen) atoms. The van der Waals surface area contributed by atoms with Crippen LogP contribution in [0, 0.1) is 0 Å². The molecule has 74 valence electrons. The molecule has 0 saturated carbocycles. The van der Waals surface area contributed by atoms with Gasteiger partial charge in [0, 0.05) is 25.7 Å². The molecule has 0 aromatic carbocycles. The Balaban J connectivity index is 1.85. The van der Waals surface area contributed by atoms with E-state index in [1.165, 1.54) is 0 Å². The van der Waals surface area contributed by atoms with Crippen molar-refractivity contribution in [2.75, 3.05) is 0 Å². The van der Waals surface area contributed by atoms with Gasteiger partial charge in [0.05, 0.1) is 0 Å². The maximum Gasteiger partial charge on any atom is 0.204 e. The third kappa shape index (κ3) is 1.90. The number of unbranched alkanes of at least 4 members (excludes halogenated alkanes) is 1. The fourth-order valence-corrected chi connectivity index (χ4v) is 1.85. The molecule has 0 aliphatic carbocycles. The lowest BCUT2D eigenvalue weighted by Gasteiger charge is -2.27. The smallest absolute Gasteiger partial charge is 0.204 e. The first-order valence-electron chi connectivity index (χ1n) is 4.81. The van der Waals surface area contributed by atoms with Crippen molar-refractivity contribution in [3.05, 3.63) is 0 Å². The average Bonchev–Trinajstić information content (AvgIpc) is 2.43. The van der Waals surface area contributed by atoms with Crippen molar-refractivity contribution < 1.29 is 19.3 Å². The van der Waals surface area contributed by atoms with Gasteiger partial charge in [-0.25, -0.2) is 4.89 Å². The summed E-state index contributed by atoms with van der Waals surface area (Å²) < 4.78 is 5.57. The number of carbonyl (C=O) groups excluding carboxylic acids is 1. The van der Waals surface area contributed by atoms with Crippen LogP contribution in [0.5, 0.6) is 0 Å². The standard InChI is InChI=1S/C9H14O4/c10-7-2-1-5-9-6-3-4-8(11-9)12-13-9/h7-8H,1-6H2. The second kappa shape index (κ2) is 3.74. The first-order chi connectivity index (χ1) is 6.35. The Labute approximate surface area is 77.1 Å². The summed E-state index contributed by atoms with van der Waals surface area (Å²) in [6.45, 7) is 0. The van der Waals surface area contributed by atoms with E-state index in [1.807, 2.05) is 0 Å². The molecule has 0 spiro atoms. The minimum atomic E-state index is -0.536. The second-order valence-electron chi connectivity index (χ2n) is 3.59. The lowest BCUT2D eigenvalue weighted by molar-refractivity contribution is -0.327. The zero-order valence-electron chi connectivity index (χ0n) is 7.53. The van der Waals surface area contributed by atoms with Crippen LogP contribution >= 0.6 is 0 Å². The maximum absolute atomic E-state index is 10.1. The van der Waals surface area contributed by atoms with Gasteiger partial charge in [-0.3, -0.25) is 0 Å². The van der Waals surface area contributed by atoms with E-state index in [0.29, 0.717) is 6.42 Å². The second-order valence-corrected chi connectivity index (χ2v) is 3.59. The highest BCUT2D eigenvalue weighted by Crippen LogP contribution is 2.40. The monoisotopic (exact) mass is 186 g/mol. The summed E-state index contributed by atoms with van der Waals surface area (Å²) in [6.07, 6.45) is 5.74. The Hall–Kier alpha value is -0.450. The molecular formula is C9H14O4. The van der Waals surface area contributed by atoms with Crippen molar-refractivity contribution in [1.29, 1.82) is 0 Å². The molecule has 0 N–H and O–H groups in total. The zero-order valence-corrected chi connectivity index (χ0v) is 7.53. The fourth-order valence-electron chi connectivity index (χ4n) is 1.85. The maximum atomic E-state index is 10.1. The topological polar surface area (TPSA) is 44.8 Å². The molecule has 2 bridgehead atoms. The molecule has 0 aromatic rings. The molecule has 0 aromatic heterocycles. The van der Waals surface area contributed by atoms with Crippen molar-refractivity contribution in [2.45, 2.75) is 50.6 Å². The number of rotatable bonds is 4. The molecule has 4 heteroatoms. The predicted octanol–water partition coefficient (Wildman–Crippen LogP) is 1.54. The molecule has 2 saturated heterocycles. The molecule has 2 fully saturated rings. The largest absolute Gasteiger partial charge is 0.315 e. The molecule has 2 unspecified atom stereocenters. The van der Waals surface area contributed by atoms with E-state index in [4.69, 9.17) is 14.5 Å². The van der Waals surface area contributed by atoms with E-state index in [-0.39, 0.29) is 6.29 Å². The predicted molar refractivity (Wildman–Crippen MR) is 43.5 cm³/mol. The number of ether oxygens (including phenoxy) is 1. The van der Waals surface area contributed by atoms with Crippen molar-refractivity contribution in [3.63, 3.8) is 0 Å². The van der Waals surface area contributed by atoms with Crippen LogP contribution in [-0.2, 0) is 19.3 Å². The third-order valence-corrected chi connectivity index (χ3v) is 2.53. The van der Waals surface area contributed by atoms with Gasteiger partial charge in [0.2, 0.25) is 5.79 Å². The average molecular weight is 186 g/mol. The summed E-state index contributed by atoms with van der Waals surface area (Å²) in [4.78, 5) is 20.3. The van der Waals surface area contributed by atoms with E-state index in [1.54, 1.807) is 0 Å². The lowest BCUT2D eigenvalue weighted by atomic mass is 10.00. The minimum absolute atomic E-state index is 0.176. The van der Waals surface area contributed by atoms with E-state index >= 15 is 0 Å². The summed E-state index contributed by atoms with van der Waals surface area (Å²) in [5, 5.41) is 0. The number of carbonyl (C=O) groups is 1. The van der Waals surface area contributed by atoms with Crippen LogP contribution in [0.2, 0.25) is 0 Å². The molecule has 2 aliphatic heterocycles. The Kier molecular flexibility index (Phi) is 2.62. The van der Waals surface area contributed by atoms with Crippen LogP contribution < -0.4 is 0 Å². The fraction of sp³-hybridized carbons (Fsp3) is 0.889. The Bertz CT molecular complexity index is 190. The van der Waals surface area contributed by atoms with Crippen LogP contribution in [0.3, 0.4) is 0 Å². The highest BCUT2D eigenvalue weighted by molar-refractivity contribution is 5.48. The third-order valence-electron chi connectivity index (χ3n) is 2.53. The van der Waals surface area contributed by atoms with Crippen LogP contribution in [0.25, 0.3) is 0 Å². The van der Waals surface area contributed by atoms with Crippen LogP contribution in [0.15, 0.2) is 0 Å². The van der Waals surface area contributed by atoms with Crippen molar-refractivity contribution in [3.8, 4) is 0 Å². The summed E-state index contributed by atoms with van der Waals surface area (Å²) in [6, 6.07) is 0. The molecule has 2 aliphatic rings. The molecule has 0 amide bonds. The molecule has 2 atom stereocenters. The zero-order chi connectivity index (χ0) is 9.15. The van der Waals surface area contributed by atoms with Crippen molar-refractivity contribution in [1.82, 2.24) is 0 Å². The first kappa shape index (κ1) is 9.12. The van der Waals surface area contributed by atoms with Crippen molar-refractivity contribution in [2.24, 2.45) is 0 Å². The molecule has 0 radical (unpaired) electrons. The van der Waals surface area contributed by atoms with Gasteiger partial charge in [-0.2, -0.15) is 4.89 Å². The molecule has 2 heterocycles. The quantitative estimate of drug-likeness (QED) is 0.379. The molecule has 2 rings (SSSR count). The lowest BCUT2D eigenvalue weighted by Crippen LogP contribution is -2.34. The van der Waals surface area contributed by atoms with Gasteiger partial charge < -0.3 is 9.53 Å². The van der Waals surface area contributed by atoms with E-state index < -0.39 is 5.79 Å². The van der Waals surface area contributed by atoms with Gasteiger partial charge in [-0.1, -0.05) is 0 Å². The summed E-state index contributed by atoms with van der Waals surface area (Å²) in [5.41, 5.74) is 0. The summed E-state index contributed by atoms with van der Waals surface area (Å²) in [7, 11) is 0. The van der Waals surface area contributed by atoms with Gasteiger partial charge in [0.15, 0.2) is 6.29 Å². The van der Waals surface area contributed by atoms with E-state index in [2.05, 4.69) is 0 Å². The number of hydrogen-bond donors (Lipinski definition) is 0. The summed E-state index contributed by atoms with van der Waals surface area (Å²) >= 11 is 0. The highest BCUT2D eigenvalue weighted by atomic mass is 17.3. The Morgan fingerprint density at radius 3 is 3.31 bits per heavy atom. The van der Waals surface area contributed by atoms with Gasteiger partial charge in [-0.05, 0) is 12.8 Å². The van der Waals surface area contributed by atoms with Crippen LogP contribution in [0.1, 0.15) is 38.5 Å². The van der Waals surface area contributed by atoms with Crippen molar-refractivity contribution >= 4 is 6.29 Å². The van der Waals surface area contributed by atoms with E-state index in [9.17, 15) is 4.79 Å². The SMILES string of the molecule is O=CCCCC12CCCC(OO1)O2. The van der Waals surface area contributed by atoms with E-state index in [0.717, 1.165) is 38.4 Å². The van der Waals surface area contributed by atoms with Gasteiger partial charge in [0.1, 0.15) is 6.29 Å². The molecule has 4 nitrogen and oxygen atoms in total. The number of hydrogen-bond acceptors (Lipinski definition) is 4. The minimum Gasteiger partial charge on any atom is -0.315 e. The molecular weight excluding hydrogens is 172 g/mol. The highest BCUT2D eigenvalue weighted by Gasteiger charge is 2.45. The van der Waals surface area contributed by atoms with Gasteiger partial charge in [-0.15, -0.1) is 0 Å². The normalized spacial score (nSPS) is 37.7. The Morgan fingerprint density at radius 1 is 1.54 bits per heavy atom. The number of aldehydes is 1. The van der Waals surface area contributed by atoms with Crippen LogP contribution in [0.4, 0.5) is 0 Å². The summed E-state index contributed by atoms with van der Waals surface area (Å²) in [5.74, 6) is -0.536. The van der Waals surface area contributed by atoms with Gasteiger partial charge >= 0.3 is 0 Å².